The Bertz CT molecular complexity index is 977. The zero-order valence-electron chi connectivity index (χ0n) is 14.4. The van der Waals surface area contributed by atoms with Gasteiger partial charge in [-0.15, -0.1) is 11.3 Å². The number of rotatable bonds is 6. The van der Waals surface area contributed by atoms with Gasteiger partial charge in [-0.2, -0.15) is 14.9 Å². The molecule has 6 nitrogen and oxygen atoms in total. The number of aromatic amines is 1. The van der Waals surface area contributed by atoms with E-state index in [1.54, 1.807) is 29.3 Å². The molecule has 3 rings (SSSR count). The molecule has 2 aromatic heterocycles. The van der Waals surface area contributed by atoms with E-state index < -0.39 is 0 Å². The maximum absolute atomic E-state index is 5.81. The van der Waals surface area contributed by atoms with Crippen molar-refractivity contribution < 1.29 is 9.47 Å². The Morgan fingerprint density at radius 2 is 2.23 bits per heavy atom. The van der Waals surface area contributed by atoms with Crippen LogP contribution in [-0.4, -0.2) is 34.3 Å². The first kappa shape index (κ1) is 18.8. The number of nitrogens with zero attached hydrogens (tertiary/aromatic N) is 3. The molecule has 136 valence electrons. The fourth-order valence-electron chi connectivity index (χ4n) is 2.25. The third-order valence-electron chi connectivity index (χ3n) is 3.32. The molecule has 9 heteroatoms. The Morgan fingerprint density at radius 1 is 1.42 bits per heavy atom. The first-order valence-corrected chi connectivity index (χ1v) is 9.87. The summed E-state index contributed by atoms with van der Waals surface area (Å²) in [4.78, 5) is 0.981. The first-order chi connectivity index (χ1) is 12.5. The van der Waals surface area contributed by atoms with Crippen LogP contribution in [0.4, 0.5) is 0 Å². The van der Waals surface area contributed by atoms with Gasteiger partial charge in [0, 0.05) is 0 Å². The van der Waals surface area contributed by atoms with Crippen molar-refractivity contribution in [3.63, 3.8) is 0 Å². The molecule has 3 aromatic rings. The summed E-state index contributed by atoms with van der Waals surface area (Å²) in [5.41, 5.74) is 0.838. The van der Waals surface area contributed by atoms with Gasteiger partial charge in [0.15, 0.2) is 17.3 Å². The van der Waals surface area contributed by atoms with Crippen molar-refractivity contribution in [1.82, 2.24) is 14.9 Å². The van der Waals surface area contributed by atoms with Crippen LogP contribution in [-0.2, 0) is 0 Å². The zero-order valence-corrected chi connectivity index (χ0v) is 17.6. The average Bonchev–Trinajstić information content (AvgIpc) is 3.24. The normalized spacial score (nSPS) is 11.4. The van der Waals surface area contributed by atoms with Crippen LogP contribution in [0.3, 0.4) is 0 Å². The van der Waals surface area contributed by atoms with E-state index in [4.69, 9.17) is 21.7 Å². The lowest BCUT2D eigenvalue weighted by molar-refractivity contribution is 0.228. The van der Waals surface area contributed by atoms with Crippen molar-refractivity contribution >= 4 is 45.7 Å². The first-order valence-electron chi connectivity index (χ1n) is 7.79. The number of benzene rings is 1. The van der Waals surface area contributed by atoms with Crippen LogP contribution >= 0.6 is 39.5 Å². The Hall–Kier alpha value is -1.97. The fraction of sp³-hybridized carbons (Fsp3) is 0.235. The van der Waals surface area contributed by atoms with E-state index in [-0.39, 0.29) is 6.10 Å². The number of halogens is 1. The molecule has 1 aromatic carbocycles. The van der Waals surface area contributed by atoms with Crippen molar-refractivity contribution in [2.45, 2.75) is 20.0 Å². The number of methoxy groups -OCH3 is 1. The monoisotopic (exact) mass is 452 g/mol. The number of hydrogen-bond donors (Lipinski definition) is 1. The van der Waals surface area contributed by atoms with E-state index in [2.05, 4.69) is 31.2 Å². The van der Waals surface area contributed by atoms with Crippen molar-refractivity contribution in [1.29, 1.82) is 0 Å². The summed E-state index contributed by atoms with van der Waals surface area (Å²) < 4.78 is 14.1. The van der Waals surface area contributed by atoms with Gasteiger partial charge in [0.1, 0.15) is 0 Å². The Labute approximate surface area is 168 Å². The van der Waals surface area contributed by atoms with Crippen molar-refractivity contribution in [3.05, 3.63) is 44.5 Å². The van der Waals surface area contributed by atoms with Crippen LogP contribution in [0, 0.1) is 4.77 Å². The summed E-state index contributed by atoms with van der Waals surface area (Å²) in [6, 6.07) is 7.71. The largest absolute Gasteiger partial charge is 0.493 e. The molecular formula is C17H17BrN4O2S2. The van der Waals surface area contributed by atoms with Gasteiger partial charge >= 0.3 is 0 Å². The third kappa shape index (κ3) is 4.05. The van der Waals surface area contributed by atoms with Crippen LogP contribution in [0.1, 0.15) is 19.4 Å². The molecule has 0 aliphatic heterocycles. The minimum absolute atomic E-state index is 0.0392. The lowest BCUT2D eigenvalue weighted by Gasteiger charge is -2.15. The molecule has 0 amide bonds. The summed E-state index contributed by atoms with van der Waals surface area (Å²) in [6.07, 6.45) is 1.74. The van der Waals surface area contributed by atoms with Gasteiger partial charge < -0.3 is 9.47 Å². The molecule has 0 atom stereocenters. The van der Waals surface area contributed by atoms with Gasteiger partial charge in [-0.3, -0.25) is 0 Å². The van der Waals surface area contributed by atoms with Gasteiger partial charge in [0.2, 0.25) is 4.77 Å². The molecule has 0 aliphatic rings. The summed E-state index contributed by atoms with van der Waals surface area (Å²) in [5, 5.41) is 13.5. The molecule has 0 bridgehead atoms. The second kappa shape index (κ2) is 8.15. The molecule has 0 spiro atoms. The maximum atomic E-state index is 5.81. The third-order valence-corrected chi connectivity index (χ3v) is 5.04. The molecule has 0 saturated carbocycles. The van der Waals surface area contributed by atoms with Crippen molar-refractivity contribution in [3.8, 4) is 22.2 Å². The molecule has 0 fully saturated rings. The molecule has 2 heterocycles. The van der Waals surface area contributed by atoms with E-state index in [1.807, 2.05) is 43.5 Å². The van der Waals surface area contributed by atoms with Crippen LogP contribution in [0.15, 0.2) is 39.2 Å². The lowest BCUT2D eigenvalue weighted by atomic mass is 10.2. The highest BCUT2D eigenvalue weighted by atomic mass is 79.9. The number of thiophene rings is 1. The van der Waals surface area contributed by atoms with Gasteiger partial charge in [-0.05, 0) is 71.1 Å². The van der Waals surface area contributed by atoms with E-state index in [0.717, 1.165) is 14.9 Å². The van der Waals surface area contributed by atoms with E-state index in [0.29, 0.717) is 22.1 Å². The van der Waals surface area contributed by atoms with E-state index in [9.17, 15) is 0 Å². The quantitative estimate of drug-likeness (QED) is 0.416. The van der Waals surface area contributed by atoms with E-state index >= 15 is 0 Å². The second-order valence-corrected chi connectivity index (χ2v) is 7.78. The minimum atomic E-state index is 0.0392. The van der Waals surface area contributed by atoms with Crippen molar-refractivity contribution in [2.75, 3.05) is 7.11 Å². The highest BCUT2D eigenvalue weighted by Crippen LogP contribution is 2.37. The Morgan fingerprint density at radius 3 is 2.88 bits per heavy atom. The number of hydrogen-bond acceptors (Lipinski definition) is 6. The van der Waals surface area contributed by atoms with Gasteiger partial charge in [0.25, 0.3) is 0 Å². The van der Waals surface area contributed by atoms with Crippen molar-refractivity contribution in [2.24, 2.45) is 5.10 Å². The van der Waals surface area contributed by atoms with Gasteiger partial charge in [-0.25, -0.2) is 5.10 Å². The highest BCUT2D eigenvalue weighted by molar-refractivity contribution is 9.10. The topological polar surface area (TPSA) is 64.4 Å². The number of ether oxygens (including phenoxy) is 2. The van der Waals surface area contributed by atoms with Crippen LogP contribution in [0.2, 0.25) is 0 Å². The minimum Gasteiger partial charge on any atom is -0.493 e. The van der Waals surface area contributed by atoms with Crippen LogP contribution in [0.5, 0.6) is 11.5 Å². The summed E-state index contributed by atoms with van der Waals surface area (Å²) >= 11 is 10.4. The van der Waals surface area contributed by atoms with Gasteiger partial charge in [0.05, 0.1) is 28.8 Å². The zero-order chi connectivity index (χ0) is 18.7. The SMILES string of the molecule is COc1cc(/C=N\n2c(-c3cccs3)n[nH]c2=S)cc(Br)c1OC(C)C. The number of nitrogens with one attached hydrogen (secondary N) is 1. The molecule has 1 N–H and O–H groups in total. The molecule has 0 aliphatic carbocycles. The summed E-state index contributed by atoms with van der Waals surface area (Å²) in [7, 11) is 1.61. The molecule has 0 radical (unpaired) electrons. The fourth-order valence-corrected chi connectivity index (χ4v) is 3.68. The van der Waals surface area contributed by atoms with Gasteiger partial charge in [-0.1, -0.05) is 6.07 Å². The van der Waals surface area contributed by atoms with Crippen LogP contribution in [0.25, 0.3) is 10.7 Å². The standard InChI is InChI=1S/C17H17BrN4O2S2/c1-10(2)24-15-12(18)7-11(8-13(15)23-3)9-19-22-16(20-21-17(22)25)14-5-4-6-26-14/h4-10H,1-3H3,(H,21,25)/b19-9-. The molecular weight excluding hydrogens is 436 g/mol. The molecule has 0 saturated heterocycles. The summed E-state index contributed by atoms with van der Waals surface area (Å²) in [5.74, 6) is 1.97. The lowest BCUT2D eigenvalue weighted by Crippen LogP contribution is -2.07. The average molecular weight is 453 g/mol. The number of aromatic nitrogens is 3. The molecule has 0 unspecified atom stereocenters. The second-order valence-electron chi connectivity index (χ2n) is 5.59. The van der Waals surface area contributed by atoms with E-state index in [1.165, 1.54) is 0 Å². The Balaban J connectivity index is 1.96. The summed E-state index contributed by atoms with van der Waals surface area (Å²) in [6.45, 7) is 3.93. The maximum Gasteiger partial charge on any atom is 0.216 e. The predicted octanol–water partition coefficient (Wildman–Crippen LogP) is 5.11. The van der Waals surface area contributed by atoms with Crippen LogP contribution < -0.4 is 9.47 Å². The Kier molecular flexibility index (Phi) is 5.90. The number of H-pyrrole nitrogens is 1. The molecule has 26 heavy (non-hydrogen) atoms. The highest BCUT2D eigenvalue weighted by Gasteiger charge is 2.13. The predicted molar refractivity (Wildman–Crippen MR) is 110 cm³/mol. The smallest absolute Gasteiger partial charge is 0.216 e.